The molecular weight excluding hydrogens is 617 g/mol. The van der Waals surface area contributed by atoms with E-state index in [-0.39, 0.29) is 5.56 Å². The van der Waals surface area contributed by atoms with Crippen molar-refractivity contribution in [3.63, 3.8) is 0 Å². The second-order valence-electron chi connectivity index (χ2n) is 12.5. The van der Waals surface area contributed by atoms with Crippen LogP contribution in [-0.4, -0.2) is 24.6 Å². The Morgan fingerprint density at radius 2 is 1.15 bits per heavy atom. The molecule has 3 aromatic carbocycles. The Hall–Kier alpha value is -3.81. The van der Waals surface area contributed by atoms with E-state index in [1.54, 1.807) is 19.1 Å². The van der Waals surface area contributed by atoms with Gasteiger partial charge in [0.1, 0.15) is 11.3 Å². The molecule has 0 saturated carbocycles. The average molecular weight is 669 g/mol. The Balaban J connectivity index is 1.50. The molecule has 0 aliphatic carbocycles. The van der Waals surface area contributed by atoms with Crippen molar-refractivity contribution in [3.8, 4) is 22.6 Å². The summed E-state index contributed by atoms with van der Waals surface area (Å²) < 4.78 is 59.6. The van der Waals surface area contributed by atoms with E-state index in [1.807, 2.05) is 24.3 Å². The fraction of sp³-hybridized carbons (Fsp3) is 0.500. The minimum absolute atomic E-state index is 0.0594. The van der Waals surface area contributed by atoms with Crippen LogP contribution >= 0.6 is 0 Å². The predicted molar refractivity (Wildman–Crippen MR) is 184 cm³/mol. The van der Waals surface area contributed by atoms with Crippen LogP contribution in [0, 0.1) is 17.5 Å². The van der Waals surface area contributed by atoms with Crippen LogP contribution in [-0.2, 0) is 4.74 Å². The first kappa shape index (κ1) is 38.6. The Morgan fingerprint density at radius 3 is 1.73 bits per heavy atom. The zero-order valence-electron chi connectivity index (χ0n) is 28.8. The number of esters is 2. The van der Waals surface area contributed by atoms with Crippen molar-refractivity contribution in [1.29, 1.82) is 0 Å². The monoisotopic (exact) mass is 668 g/mol. The number of hydrogen-bond acceptors (Lipinski definition) is 5. The molecule has 48 heavy (non-hydrogen) atoms. The molecule has 0 spiro atoms. The van der Waals surface area contributed by atoms with E-state index in [0.717, 1.165) is 55.4 Å². The lowest BCUT2D eigenvalue weighted by atomic mass is 10.0. The smallest absolute Gasteiger partial charge is 0.343 e. The molecule has 1 atom stereocenters. The molecule has 0 unspecified atom stereocenters. The van der Waals surface area contributed by atoms with Crippen LogP contribution in [0.2, 0.25) is 0 Å². The first-order valence-electron chi connectivity index (χ1n) is 17.7. The Labute approximate surface area is 284 Å². The number of ether oxygens (including phenoxy) is 3. The second-order valence-corrected chi connectivity index (χ2v) is 12.5. The summed E-state index contributed by atoms with van der Waals surface area (Å²) in [6.07, 6.45) is 16.6. The number of rotatable bonds is 22. The number of unbranched alkanes of at least 4 members (excludes halogenated alkanes) is 12. The van der Waals surface area contributed by atoms with Gasteiger partial charge in [-0.25, -0.2) is 18.4 Å². The van der Waals surface area contributed by atoms with E-state index in [2.05, 4.69) is 13.8 Å². The first-order chi connectivity index (χ1) is 23.2. The van der Waals surface area contributed by atoms with Crippen LogP contribution in [0.1, 0.15) is 138 Å². The maximum absolute atomic E-state index is 14.6. The molecule has 0 aliphatic heterocycles. The normalized spacial score (nSPS) is 11.7. The lowest BCUT2D eigenvalue weighted by Gasteiger charge is -2.15. The molecule has 3 rings (SSSR count). The highest BCUT2D eigenvalue weighted by Gasteiger charge is 2.27. The topological polar surface area (TPSA) is 61.8 Å². The standard InChI is InChI=1S/C40H51F3O5/c1-4-6-8-10-11-12-13-14-15-17-27-46-33-25-23-31(24-26-33)30-19-21-32(22-20-30)39(44)48-35-28-34(36(41)38(43)37(35)42)40(45)47-29(3)18-16-9-7-5-2/h19-26,28-29H,4-18,27H2,1-3H3/t29-/m0/s1. The van der Waals surface area contributed by atoms with E-state index < -0.39 is 46.8 Å². The summed E-state index contributed by atoms with van der Waals surface area (Å²) in [5.41, 5.74) is 0.934. The summed E-state index contributed by atoms with van der Waals surface area (Å²) in [5.74, 6) is -7.61. The van der Waals surface area contributed by atoms with Gasteiger partial charge in [-0.3, -0.25) is 0 Å². The van der Waals surface area contributed by atoms with Crippen LogP contribution in [0.25, 0.3) is 11.1 Å². The average Bonchev–Trinajstić information content (AvgIpc) is 3.09. The van der Waals surface area contributed by atoms with E-state index in [4.69, 9.17) is 14.2 Å². The fourth-order valence-corrected chi connectivity index (χ4v) is 5.45. The third-order valence-corrected chi connectivity index (χ3v) is 8.38. The number of benzene rings is 3. The van der Waals surface area contributed by atoms with Gasteiger partial charge in [0.2, 0.25) is 5.82 Å². The zero-order valence-corrected chi connectivity index (χ0v) is 28.8. The fourth-order valence-electron chi connectivity index (χ4n) is 5.45. The van der Waals surface area contributed by atoms with Crippen molar-refractivity contribution in [3.05, 3.63) is 83.2 Å². The quantitative estimate of drug-likeness (QED) is 0.0461. The number of hydrogen-bond donors (Lipinski definition) is 0. The van der Waals surface area contributed by atoms with Crippen molar-refractivity contribution in [2.45, 2.75) is 123 Å². The van der Waals surface area contributed by atoms with Gasteiger partial charge in [0.05, 0.1) is 18.3 Å². The van der Waals surface area contributed by atoms with E-state index in [1.165, 1.54) is 63.5 Å². The third-order valence-electron chi connectivity index (χ3n) is 8.38. The lowest BCUT2D eigenvalue weighted by molar-refractivity contribution is 0.0311. The second kappa shape index (κ2) is 21.2. The van der Waals surface area contributed by atoms with Gasteiger partial charge in [-0.2, -0.15) is 4.39 Å². The van der Waals surface area contributed by atoms with Gasteiger partial charge < -0.3 is 14.2 Å². The van der Waals surface area contributed by atoms with Crippen LogP contribution in [0.4, 0.5) is 13.2 Å². The Bertz CT molecular complexity index is 1410. The van der Waals surface area contributed by atoms with Gasteiger partial charge in [-0.05, 0) is 61.6 Å². The molecule has 0 aromatic heterocycles. The molecule has 0 aliphatic rings. The number of carbonyl (C=O) groups excluding carboxylic acids is 2. The van der Waals surface area contributed by atoms with Crippen molar-refractivity contribution in [2.75, 3.05) is 6.61 Å². The van der Waals surface area contributed by atoms with Crippen LogP contribution in [0.15, 0.2) is 54.6 Å². The van der Waals surface area contributed by atoms with E-state index in [0.29, 0.717) is 19.1 Å². The van der Waals surface area contributed by atoms with Gasteiger partial charge in [-0.15, -0.1) is 0 Å². The number of halogens is 3. The van der Waals surface area contributed by atoms with Crippen molar-refractivity contribution >= 4 is 11.9 Å². The predicted octanol–water partition coefficient (Wildman–Crippen LogP) is 11.8. The molecule has 0 fully saturated rings. The minimum Gasteiger partial charge on any atom is -0.494 e. The van der Waals surface area contributed by atoms with E-state index >= 15 is 0 Å². The third kappa shape index (κ3) is 12.7. The zero-order chi connectivity index (χ0) is 34.7. The molecule has 5 nitrogen and oxygen atoms in total. The molecule has 8 heteroatoms. The summed E-state index contributed by atoms with van der Waals surface area (Å²) in [6.45, 7) is 6.63. The van der Waals surface area contributed by atoms with Gasteiger partial charge in [0.25, 0.3) is 0 Å². The highest BCUT2D eigenvalue weighted by atomic mass is 19.2. The highest BCUT2D eigenvalue weighted by Crippen LogP contribution is 2.28. The maximum Gasteiger partial charge on any atom is 0.343 e. The summed E-state index contributed by atoms with van der Waals surface area (Å²) in [5, 5.41) is 0. The minimum atomic E-state index is -1.92. The molecule has 0 heterocycles. The lowest BCUT2D eigenvalue weighted by Crippen LogP contribution is -2.18. The summed E-state index contributed by atoms with van der Waals surface area (Å²) >= 11 is 0. The Kier molecular flexibility index (Phi) is 17.1. The summed E-state index contributed by atoms with van der Waals surface area (Å²) in [4.78, 5) is 25.4. The summed E-state index contributed by atoms with van der Waals surface area (Å²) in [7, 11) is 0. The van der Waals surface area contributed by atoms with Gasteiger partial charge in [-0.1, -0.05) is 115 Å². The molecule has 0 N–H and O–H groups in total. The van der Waals surface area contributed by atoms with Gasteiger partial charge in [0, 0.05) is 6.07 Å². The molecular formula is C40H51F3O5. The largest absolute Gasteiger partial charge is 0.494 e. The first-order valence-corrected chi connectivity index (χ1v) is 17.7. The van der Waals surface area contributed by atoms with Crippen LogP contribution in [0.5, 0.6) is 11.5 Å². The summed E-state index contributed by atoms with van der Waals surface area (Å²) in [6, 6.07) is 14.7. The highest BCUT2D eigenvalue weighted by molar-refractivity contribution is 5.93. The van der Waals surface area contributed by atoms with Gasteiger partial charge >= 0.3 is 11.9 Å². The van der Waals surface area contributed by atoms with E-state index in [9.17, 15) is 22.8 Å². The SMILES string of the molecule is CCCCCCCCCCCCOc1ccc(-c2ccc(C(=O)Oc3cc(C(=O)O[C@@H](C)CCCCCC)c(F)c(F)c3F)cc2)cc1. The molecule has 0 radical (unpaired) electrons. The van der Waals surface area contributed by atoms with Crippen LogP contribution in [0.3, 0.4) is 0 Å². The molecule has 0 amide bonds. The molecule has 0 saturated heterocycles. The number of carbonyl (C=O) groups is 2. The molecule has 0 bridgehead atoms. The van der Waals surface area contributed by atoms with Crippen molar-refractivity contribution in [2.24, 2.45) is 0 Å². The molecule has 3 aromatic rings. The van der Waals surface area contributed by atoms with Crippen molar-refractivity contribution < 1.29 is 37.0 Å². The maximum atomic E-state index is 14.6. The van der Waals surface area contributed by atoms with Crippen LogP contribution < -0.4 is 9.47 Å². The van der Waals surface area contributed by atoms with Crippen molar-refractivity contribution in [1.82, 2.24) is 0 Å². The molecule has 262 valence electrons. The Morgan fingerprint density at radius 1 is 0.625 bits per heavy atom. The van der Waals surface area contributed by atoms with Gasteiger partial charge in [0.15, 0.2) is 17.4 Å².